The van der Waals surface area contributed by atoms with Crippen LogP contribution in [0.1, 0.15) is 29.8 Å². The van der Waals surface area contributed by atoms with E-state index in [1.54, 1.807) is 0 Å². The van der Waals surface area contributed by atoms with E-state index in [1.807, 2.05) is 0 Å². The third-order valence-electron chi connectivity index (χ3n) is 6.51. The van der Waals surface area contributed by atoms with Gasteiger partial charge in [-0.3, -0.25) is 0 Å². The molecular formula is C20H12ClF7N4O2S2. The summed E-state index contributed by atoms with van der Waals surface area (Å²) < 4.78 is 120. The van der Waals surface area contributed by atoms with Crippen molar-refractivity contribution >= 4 is 33.0 Å². The van der Waals surface area contributed by atoms with Crippen LogP contribution < -0.4 is 5.14 Å². The second kappa shape index (κ2) is 7.58. The van der Waals surface area contributed by atoms with Gasteiger partial charge in [-0.25, -0.2) is 32.9 Å². The average Bonchev–Trinajstić information content (AvgIpc) is 3.07. The smallest absolute Gasteiger partial charge is 0.240 e. The number of primary sulfonamides is 1. The summed E-state index contributed by atoms with van der Waals surface area (Å²) in [4.78, 5) is 10.3. The van der Waals surface area contributed by atoms with Crippen LogP contribution in [0.25, 0.3) is 21.8 Å². The molecule has 16 heteroatoms. The topological polar surface area (TPSA) is 98.8 Å². The average molecular weight is 573 g/mol. The fraction of sp³-hybridized carbons (Fsp3) is 0.350. The van der Waals surface area contributed by atoms with Crippen molar-refractivity contribution in [1.82, 2.24) is 15.0 Å². The van der Waals surface area contributed by atoms with Crippen molar-refractivity contribution < 1.29 is 39.2 Å². The number of thiazole rings is 1. The van der Waals surface area contributed by atoms with Crippen LogP contribution in [-0.2, 0) is 21.6 Å². The van der Waals surface area contributed by atoms with Crippen molar-refractivity contribution in [2.24, 2.45) is 10.6 Å². The monoisotopic (exact) mass is 572 g/mol. The Bertz CT molecular complexity index is 1500. The highest BCUT2D eigenvalue weighted by atomic mass is 35.5. The van der Waals surface area contributed by atoms with Crippen molar-refractivity contribution in [3.05, 3.63) is 46.1 Å². The lowest BCUT2D eigenvalue weighted by Crippen LogP contribution is -2.70. The summed E-state index contributed by atoms with van der Waals surface area (Å²) in [6, 6.07) is 2.39. The molecule has 0 aliphatic heterocycles. The summed E-state index contributed by atoms with van der Waals surface area (Å²) in [5.74, 6) is -1.80. The zero-order valence-corrected chi connectivity index (χ0v) is 19.9. The number of benzene rings is 1. The highest BCUT2D eigenvalue weighted by Gasteiger charge is 2.79. The summed E-state index contributed by atoms with van der Waals surface area (Å²) in [5.41, 5.74) is -5.43. The first-order chi connectivity index (χ1) is 16.5. The number of nitrogens with zero attached hydrogens (tertiary/aromatic N) is 3. The minimum Gasteiger partial charge on any atom is -0.240 e. The summed E-state index contributed by atoms with van der Waals surface area (Å²) >= 11 is 6.71. The number of hydrogen-bond acceptors (Lipinski definition) is 6. The van der Waals surface area contributed by atoms with Crippen molar-refractivity contribution in [1.29, 1.82) is 0 Å². The van der Waals surface area contributed by atoms with Gasteiger partial charge in [-0.1, -0.05) is 0 Å². The van der Waals surface area contributed by atoms with Crippen molar-refractivity contribution in [2.45, 2.75) is 41.9 Å². The van der Waals surface area contributed by atoms with Crippen LogP contribution in [0.3, 0.4) is 0 Å². The van der Waals surface area contributed by atoms with E-state index >= 15 is 4.39 Å². The molecule has 3 fully saturated rings. The molecule has 3 aromatic rings. The molecule has 3 saturated carbocycles. The molecule has 0 unspecified atom stereocenters. The predicted molar refractivity (Wildman–Crippen MR) is 114 cm³/mol. The van der Waals surface area contributed by atoms with E-state index < -0.39 is 55.0 Å². The first-order valence-electron chi connectivity index (χ1n) is 9.97. The molecule has 192 valence electrons. The fourth-order valence-electron chi connectivity index (χ4n) is 4.92. The molecule has 2 N–H and O–H groups in total. The lowest BCUT2D eigenvalue weighted by atomic mass is 9.35. The maximum absolute atomic E-state index is 15.4. The number of rotatable bonds is 4. The number of aromatic nitrogens is 3. The van der Waals surface area contributed by atoms with Gasteiger partial charge < -0.3 is 0 Å². The molecule has 1 aromatic carbocycles. The minimum atomic E-state index is -5.24. The normalized spacial score (nSPS) is 23.8. The van der Waals surface area contributed by atoms with Crippen LogP contribution in [0.4, 0.5) is 30.7 Å². The third kappa shape index (κ3) is 3.70. The van der Waals surface area contributed by atoms with Crippen LogP contribution in [0.5, 0.6) is 0 Å². The Morgan fingerprint density at radius 3 is 2.19 bits per heavy atom. The first-order valence-corrected chi connectivity index (χ1v) is 12.7. The van der Waals surface area contributed by atoms with Gasteiger partial charge >= 0.3 is 12.4 Å². The zero-order chi connectivity index (χ0) is 26.5. The zero-order valence-electron chi connectivity index (χ0n) is 17.5. The van der Waals surface area contributed by atoms with Gasteiger partial charge in [0.25, 0.3) is 0 Å². The van der Waals surface area contributed by atoms with Crippen molar-refractivity contribution in [3.8, 4) is 21.8 Å². The number of halogens is 8. The van der Waals surface area contributed by atoms with Crippen LogP contribution in [0, 0.1) is 11.2 Å². The molecule has 2 aromatic heterocycles. The van der Waals surface area contributed by atoms with Crippen LogP contribution in [0.2, 0.25) is 5.28 Å². The first kappa shape index (κ1) is 25.3. The summed E-state index contributed by atoms with van der Waals surface area (Å²) in [6.45, 7) is 0. The van der Waals surface area contributed by atoms with Crippen LogP contribution in [-0.4, -0.2) is 29.5 Å². The largest absolute Gasteiger partial charge is 0.417 e. The Labute approximate surface area is 207 Å². The van der Waals surface area contributed by atoms with Gasteiger partial charge in [0, 0.05) is 17.2 Å². The van der Waals surface area contributed by atoms with E-state index in [-0.39, 0.29) is 45.8 Å². The van der Waals surface area contributed by atoms with Crippen LogP contribution >= 0.6 is 22.9 Å². The molecule has 2 heterocycles. The predicted octanol–water partition coefficient (Wildman–Crippen LogP) is 5.71. The molecule has 3 aliphatic rings. The number of sulfonamides is 1. The maximum atomic E-state index is 15.4. The summed E-state index contributed by atoms with van der Waals surface area (Å²) in [6.07, 6.45) is -9.11. The molecule has 0 spiro atoms. The molecule has 0 atom stereocenters. The Hall–Kier alpha value is -2.36. The highest BCUT2D eigenvalue weighted by Crippen LogP contribution is 2.79. The number of nitrogens with two attached hydrogens (primary N) is 1. The van der Waals surface area contributed by atoms with E-state index in [2.05, 4.69) is 15.0 Å². The molecular weight excluding hydrogens is 561 g/mol. The molecule has 0 amide bonds. The fourth-order valence-corrected chi connectivity index (χ4v) is 7.15. The van der Waals surface area contributed by atoms with Gasteiger partial charge in [0.15, 0.2) is 5.82 Å². The van der Waals surface area contributed by atoms with E-state index in [0.29, 0.717) is 12.1 Å². The molecule has 2 bridgehead atoms. The Balaban J connectivity index is 1.70. The van der Waals surface area contributed by atoms with Crippen molar-refractivity contribution in [3.63, 3.8) is 0 Å². The van der Waals surface area contributed by atoms with E-state index in [0.717, 1.165) is 11.3 Å². The molecule has 0 radical (unpaired) electrons. The lowest BCUT2D eigenvalue weighted by molar-refractivity contribution is -0.337. The molecule has 6 nitrogen and oxygen atoms in total. The van der Waals surface area contributed by atoms with Gasteiger partial charge in [-0.15, -0.1) is 11.3 Å². The highest BCUT2D eigenvalue weighted by molar-refractivity contribution is 7.89. The minimum absolute atomic E-state index is 0.0686. The molecule has 0 saturated heterocycles. The summed E-state index contributed by atoms with van der Waals surface area (Å²) in [5, 5.41) is 4.88. The number of alkyl halides is 6. The van der Waals surface area contributed by atoms with E-state index in [9.17, 15) is 34.8 Å². The number of hydrogen-bond donors (Lipinski definition) is 1. The molecule has 3 aliphatic carbocycles. The quantitative estimate of drug-likeness (QED) is 0.319. The second-order valence-corrected chi connectivity index (χ2v) is 11.7. The van der Waals surface area contributed by atoms with Gasteiger partial charge in [0.2, 0.25) is 15.3 Å². The van der Waals surface area contributed by atoms with Crippen LogP contribution in [0.15, 0.2) is 29.3 Å². The SMILES string of the molecule is NS(=O)(=O)c1c(C(F)(F)F)ccc(-c2nc(C34CC(C(F)(F)F)(C3)C4)sc2-c2ccnc(Cl)n2)c1F. The van der Waals surface area contributed by atoms with Gasteiger partial charge in [-0.05, 0) is 49.1 Å². The molecule has 6 rings (SSSR count). The Kier molecular flexibility index (Phi) is 5.33. The maximum Gasteiger partial charge on any atom is 0.417 e. The van der Waals surface area contributed by atoms with Gasteiger partial charge in [-0.2, -0.15) is 26.3 Å². The Morgan fingerprint density at radius 1 is 1.03 bits per heavy atom. The van der Waals surface area contributed by atoms with Gasteiger partial charge in [0.05, 0.1) is 27.2 Å². The van der Waals surface area contributed by atoms with E-state index in [1.165, 1.54) is 12.3 Å². The Morgan fingerprint density at radius 2 is 1.67 bits per heavy atom. The third-order valence-corrected chi connectivity index (χ3v) is 8.99. The standard InChI is InChI=1S/C20H12ClF7N4O2S2/c21-16-30-4-3-10(31-16)13-12(32-15(35-13)17-5-18(6-17,7-17)20(26,27)28)8-1-2-9(19(23,24)25)14(11(8)22)36(29,33)34/h1-4H,5-7H2,(H2,29,33,34). The van der Waals surface area contributed by atoms with Gasteiger partial charge in [0.1, 0.15) is 9.90 Å². The van der Waals surface area contributed by atoms with E-state index in [4.69, 9.17) is 16.7 Å². The summed E-state index contributed by atoms with van der Waals surface area (Å²) in [7, 11) is -5.18. The lowest BCUT2D eigenvalue weighted by Gasteiger charge is -2.69. The van der Waals surface area contributed by atoms with Crippen molar-refractivity contribution in [2.75, 3.05) is 0 Å². The second-order valence-electron chi connectivity index (χ2n) is 8.84. The molecule has 36 heavy (non-hydrogen) atoms.